The maximum absolute atomic E-state index is 11.5. The minimum absolute atomic E-state index is 0.203. The lowest BCUT2D eigenvalue weighted by Crippen LogP contribution is -2.07. The highest BCUT2D eigenvalue weighted by Crippen LogP contribution is 2.14. The van der Waals surface area contributed by atoms with Gasteiger partial charge in [-0.15, -0.1) is 0 Å². The first-order valence-corrected chi connectivity index (χ1v) is 10.1. The van der Waals surface area contributed by atoms with Gasteiger partial charge in [0.2, 0.25) is 0 Å². The van der Waals surface area contributed by atoms with Gasteiger partial charge in [0.15, 0.2) is 0 Å². The lowest BCUT2D eigenvalue weighted by atomic mass is 10.0. The molecule has 0 rings (SSSR count). The van der Waals surface area contributed by atoms with Crippen molar-refractivity contribution in [2.24, 2.45) is 0 Å². The van der Waals surface area contributed by atoms with Gasteiger partial charge in [-0.1, -0.05) is 97.5 Å². The first-order valence-electron chi connectivity index (χ1n) is 10.1. The molecular formula is C21H40O2. The van der Waals surface area contributed by atoms with Gasteiger partial charge in [-0.25, -0.2) is 4.79 Å². The number of unbranched alkanes of at least 4 members (excludes halogenated alkanes) is 12. The molecule has 0 unspecified atom stereocenters. The summed E-state index contributed by atoms with van der Waals surface area (Å²) >= 11 is 0. The number of ether oxygens (including phenoxy) is 1. The Bertz CT molecular complexity index is 284. The predicted molar refractivity (Wildman–Crippen MR) is 101 cm³/mol. The van der Waals surface area contributed by atoms with Crippen LogP contribution >= 0.6 is 0 Å². The summed E-state index contributed by atoms with van der Waals surface area (Å²) in [4.78, 5) is 11.5. The van der Waals surface area contributed by atoms with E-state index in [1.54, 1.807) is 0 Å². The zero-order valence-electron chi connectivity index (χ0n) is 15.8. The molecule has 0 atom stereocenters. The molecule has 0 saturated heterocycles. The van der Waals surface area contributed by atoms with Crippen LogP contribution in [0.4, 0.5) is 0 Å². The van der Waals surface area contributed by atoms with E-state index in [9.17, 15) is 4.79 Å². The van der Waals surface area contributed by atoms with Crippen LogP contribution < -0.4 is 0 Å². The predicted octanol–water partition coefficient (Wildman–Crippen LogP) is 6.98. The third-order valence-corrected chi connectivity index (χ3v) is 4.31. The average molecular weight is 325 g/mol. The van der Waals surface area contributed by atoms with Crippen LogP contribution in [0.3, 0.4) is 0 Å². The summed E-state index contributed by atoms with van der Waals surface area (Å²) in [5, 5.41) is 0. The normalized spacial score (nSPS) is 10.7. The van der Waals surface area contributed by atoms with E-state index in [1.165, 1.54) is 77.0 Å². The maximum Gasteiger partial charge on any atom is 0.333 e. The molecular weight excluding hydrogens is 284 g/mol. The third kappa shape index (κ3) is 15.9. The Hall–Kier alpha value is -0.790. The van der Waals surface area contributed by atoms with Crippen molar-refractivity contribution >= 4 is 5.97 Å². The SMILES string of the molecule is C=C(CCCCCCCCCCCCCCC)C(=O)OCCC. The molecule has 2 heteroatoms. The molecule has 0 aliphatic heterocycles. The van der Waals surface area contributed by atoms with E-state index < -0.39 is 0 Å². The van der Waals surface area contributed by atoms with E-state index in [0.717, 1.165) is 19.3 Å². The second kappa shape index (κ2) is 17.6. The Balaban J connectivity index is 3.21. The Morgan fingerprint density at radius 2 is 1.13 bits per heavy atom. The molecule has 23 heavy (non-hydrogen) atoms. The van der Waals surface area contributed by atoms with Crippen molar-refractivity contribution < 1.29 is 9.53 Å². The van der Waals surface area contributed by atoms with Crippen molar-refractivity contribution in [3.05, 3.63) is 12.2 Å². The van der Waals surface area contributed by atoms with Crippen molar-refractivity contribution in [2.75, 3.05) is 6.61 Å². The first kappa shape index (κ1) is 22.2. The number of carbonyl (C=O) groups is 1. The van der Waals surface area contributed by atoms with Crippen LogP contribution in [-0.4, -0.2) is 12.6 Å². The van der Waals surface area contributed by atoms with Gasteiger partial charge >= 0.3 is 5.97 Å². The summed E-state index contributed by atoms with van der Waals surface area (Å²) in [6.45, 7) is 8.61. The quantitative estimate of drug-likeness (QED) is 0.164. The standard InChI is InChI=1S/C21H40O2/c1-4-6-7-8-9-10-11-12-13-14-15-16-17-18-20(3)21(22)23-19-5-2/h3-19H2,1-2H3. The largest absolute Gasteiger partial charge is 0.462 e. The highest BCUT2D eigenvalue weighted by atomic mass is 16.5. The summed E-state index contributed by atoms with van der Waals surface area (Å²) in [5.41, 5.74) is 0.640. The average Bonchev–Trinajstić information content (AvgIpc) is 2.56. The summed E-state index contributed by atoms with van der Waals surface area (Å²) in [6.07, 6.45) is 19.2. The fraction of sp³-hybridized carbons (Fsp3) is 0.857. The number of esters is 1. The summed E-state index contributed by atoms with van der Waals surface area (Å²) < 4.78 is 5.08. The van der Waals surface area contributed by atoms with Crippen LogP contribution in [0.25, 0.3) is 0 Å². The Morgan fingerprint density at radius 1 is 0.696 bits per heavy atom. The minimum Gasteiger partial charge on any atom is -0.462 e. The molecule has 0 aromatic heterocycles. The Labute approximate surface area is 145 Å². The van der Waals surface area contributed by atoms with E-state index in [2.05, 4.69) is 13.5 Å². The molecule has 0 radical (unpaired) electrons. The molecule has 0 N–H and O–H groups in total. The van der Waals surface area contributed by atoms with E-state index in [1.807, 2.05) is 6.92 Å². The van der Waals surface area contributed by atoms with Crippen molar-refractivity contribution in [3.63, 3.8) is 0 Å². The molecule has 0 fully saturated rings. The van der Waals surface area contributed by atoms with Crippen LogP contribution in [-0.2, 0) is 9.53 Å². The van der Waals surface area contributed by atoms with Crippen LogP contribution in [0, 0.1) is 0 Å². The van der Waals surface area contributed by atoms with Crippen molar-refractivity contribution in [3.8, 4) is 0 Å². The summed E-state index contributed by atoms with van der Waals surface area (Å²) in [5.74, 6) is -0.203. The molecule has 2 nitrogen and oxygen atoms in total. The van der Waals surface area contributed by atoms with Crippen LogP contribution in [0.1, 0.15) is 110 Å². The molecule has 0 aliphatic rings. The zero-order chi connectivity index (χ0) is 17.2. The molecule has 0 amide bonds. The Kier molecular flexibility index (Phi) is 17.0. The van der Waals surface area contributed by atoms with Gasteiger partial charge in [0.25, 0.3) is 0 Å². The monoisotopic (exact) mass is 324 g/mol. The maximum atomic E-state index is 11.5. The van der Waals surface area contributed by atoms with E-state index >= 15 is 0 Å². The second-order valence-electron chi connectivity index (χ2n) is 6.73. The molecule has 0 aromatic rings. The fourth-order valence-corrected chi connectivity index (χ4v) is 2.76. The van der Waals surface area contributed by atoms with Crippen molar-refractivity contribution in [1.82, 2.24) is 0 Å². The fourth-order valence-electron chi connectivity index (χ4n) is 2.76. The van der Waals surface area contributed by atoms with Gasteiger partial charge in [-0.2, -0.15) is 0 Å². The van der Waals surface area contributed by atoms with Crippen LogP contribution in [0.2, 0.25) is 0 Å². The van der Waals surface area contributed by atoms with Gasteiger partial charge in [0.05, 0.1) is 6.61 Å². The van der Waals surface area contributed by atoms with Gasteiger partial charge in [0.1, 0.15) is 0 Å². The highest BCUT2D eigenvalue weighted by Gasteiger charge is 2.07. The number of hydrogen-bond donors (Lipinski definition) is 0. The second-order valence-corrected chi connectivity index (χ2v) is 6.73. The first-order chi connectivity index (χ1) is 11.2. The number of hydrogen-bond acceptors (Lipinski definition) is 2. The zero-order valence-corrected chi connectivity index (χ0v) is 15.8. The highest BCUT2D eigenvalue weighted by molar-refractivity contribution is 5.87. The molecule has 0 heterocycles. The lowest BCUT2D eigenvalue weighted by Gasteiger charge is -2.06. The smallest absolute Gasteiger partial charge is 0.333 e. The number of rotatable bonds is 17. The molecule has 0 spiro atoms. The topological polar surface area (TPSA) is 26.3 Å². The van der Waals surface area contributed by atoms with Gasteiger partial charge < -0.3 is 4.74 Å². The summed E-state index contributed by atoms with van der Waals surface area (Å²) in [7, 11) is 0. The van der Waals surface area contributed by atoms with Gasteiger partial charge in [-0.05, 0) is 19.3 Å². The van der Waals surface area contributed by atoms with E-state index in [0.29, 0.717) is 12.2 Å². The molecule has 0 bridgehead atoms. The Morgan fingerprint density at radius 3 is 1.57 bits per heavy atom. The third-order valence-electron chi connectivity index (χ3n) is 4.31. The van der Waals surface area contributed by atoms with Crippen molar-refractivity contribution in [2.45, 2.75) is 110 Å². The number of carbonyl (C=O) groups excluding carboxylic acids is 1. The van der Waals surface area contributed by atoms with E-state index in [4.69, 9.17) is 4.74 Å². The van der Waals surface area contributed by atoms with Crippen molar-refractivity contribution in [1.29, 1.82) is 0 Å². The van der Waals surface area contributed by atoms with Crippen LogP contribution in [0.15, 0.2) is 12.2 Å². The van der Waals surface area contributed by atoms with E-state index in [-0.39, 0.29) is 5.97 Å². The van der Waals surface area contributed by atoms with Crippen LogP contribution in [0.5, 0.6) is 0 Å². The molecule has 0 aromatic carbocycles. The molecule has 0 saturated carbocycles. The summed E-state index contributed by atoms with van der Waals surface area (Å²) in [6, 6.07) is 0. The minimum atomic E-state index is -0.203. The molecule has 136 valence electrons. The van der Waals surface area contributed by atoms with Gasteiger partial charge in [0, 0.05) is 5.57 Å². The lowest BCUT2D eigenvalue weighted by molar-refractivity contribution is -0.139. The van der Waals surface area contributed by atoms with Gasteiger partial charge in [-0.3, -0.25) is 0 Å². The molecule has 0 aliphatic carbocycles.